The fourth-order valence-corrected chi connectivity index (χ4v) is 1.16. The molecule has 1 atom stereocenters. The smallest absolute Gasteiger partial charge is 0.226 e. The Morgan fingerprint density at radius 1 is 1.69 bits per heavy atom. The molecule has 0 radical (unpaired) electrons. The Morgan fingerprint density at radius 3 is 2.92 bits per heavy atom. The second kappa shape index (κ2) is 4.23. The van der Waals surface area contributed by atoms with E-state index in [1.165, 1.54) is 0 Å². The van der Waals surface area contributed by atoms with Crippen molar-refractivity contribution in [2.24, 2.45) is 0 Å². The first kappa shape index (κ1) is 9.98. The molecule has 0 aliphatic rings. The van der Waals surface area contributed by atoms with Crippen molar-refractivity contribution < 1.29 is 0 Å². The van der Waals surface area contributed by atoms with Gasteiger partial charge in [-0.1, -0.05) is 6.08 Å². The number of nitrogens with one attached hydrogen (secondary N) is 1. The Balaban J connectivity index is 2.82. The molecule has 0 amide bonds. The summed E-state index contributed by atoms with van der Waals surface area (Å²) >= 11 is 3.23. The summed E-state index contributed by atoms with van der Waals surface area (Å²) in [7, 11) is 0. The molecule has 0 aromatic carbocycles. The number of nitrogens with zero attached hydrogens (tertiary/aromatic N) is 2. The van der Waals surface area contributed by atoms with E-state index in [0.29, 0.717) is 16.4 Å². The first-order valence-corrected chi connectivity index (χ1v) is 4.60. The number of aromatic nitrogens is 2. The lowest BCUT2D eigenvalue weighted by atomic mass is 10.3. The molecule has 0 fully saturated rings. The topological polar surface area (TPSA) is 63.8 Å². The average Bonchev–Trinajstić information content (AvgIpc) is 2.02. The zero-order valence-electron chi connectivity index (χ0n) is 7.29. The molecular formula is C8H11BrN4. The van der Waals surface area contributed by atoms with Crippen molar-refractivity contribution in [1.82, 2.24) is 9.97 Å². The number of anilines is 2. The minimum atomic E-state index is 0.119. The third-order valence-electron chi connectivity index (χ3n) is 1.43. The van der Waals surface area contributed by atoms with Crippen LogP contribution in [0, 0.1) is 0 Å². The van der Waals surface area contributed by atoms with E-state index < -0.39 is 0 Å². The molecule has 70 valence electrons. The van der Waals surface area contributed by atoms with Crippen molar-refractivity contribution in [2.75, 3.05) is 11.1 Å². The van der Waals surface area contributed by atoms with Crippen LogP contribution in [0.5, 0.6) is 0 Å². The van der Waals surface area contributed by atoms with Gasteiger partial charge in [-0.05, 0) is 22.9 Å². The van der Waals surface area contributed by atoms with E-state index in [0.717, 1.165) is 0 Å². The summed E-state index contributed by atoms with van der Waals surface area (Å²) in [6.07, 6.45) is 1.76. The molecule has 0 aliphatic carbocycles. The standard InChI is InChI=1S/C8H11BrN4/c1-3-5(2)11-8-12-6(9)4-7(10)13-8/h3-5H,1H2,2H3,(H3,10,11,12,13). The highest BCUT2D eigenvalue weighted by Gasteiger charge is 2.01. The summed E-state index contributed by atoms with van der Waals surface area (Å²) in [5, 5.41) is 3.02. The summed E-state index contributed by atoms with van der Waals surface area (Å²) in [5.74, 6) is 0.930. The van der Waals surface area contributed by atoms with Gasteiger partial charge in [0, 0.05) is 12.1 Å². The fraction of sp³-hybridized carbons (Fsp3) is 0.250. The molecule has 1 heterocycles. The lowest BCUT2D eigenvalue weighted by Crippen LogP contribution is -2.14. The van der Waals surface area contributed by atoms with E-state index in [1.807, 2.05) is 6.92 Å². The summed E-state index contributed by atoms with van der Waals surface area (Å²) < 4.78 is 0.666. The Morgan fingerprint density at radius 2 is 2.38 bits per heavy atom. The first-order valence-electron chi connectivity index (χ1n) is 3.81. The summed E-state index contributed by atoms with van der Waals surface area (Å²) in [6, 6.07) is 1.76. The monoisotopic (exact) mass is 242 g/mol. The number of hydrogen-bond donors (Lipinski definition) is 2. The van der Waals surface area contributed by atoms with Crippen LogP contribution in [0.4, 0.5) is 11.8 Å². The van der Waals surface area contributed by atoms with E-state index in [-0.39, 0.29) is 6.04 Å². The zero-order chi connectivity index (χ0) is 9.84. The van der Waals surface area contributed by atoms with E-state index >= 15 is 0 Å². The molecule has 0 bridgehead atoms. The molecule has 1 unspecified atom stereocenters. The maximum absolute atomic E-state index is 5.53. The van der Waals surface area contributed by atoms with Gasteiger partial charge in [0.15, 0.2) is 0 Å². The number of nitrogen functional groups attached to an aromatic ring is 1. The van der Waals surface area contributed by atoms with Gasteiger partial charge in [-0.15, -0.1) is 6.58 Å². The average molecular weight is 243 g/mol. The van der Waals surface area contributed by atoms with Crippen LogP contribution >= 0.6 is 15.9 Å². The van der Waals surface area contributed by atoms with Crippen molar-refractivity contribution in [2.45, 2.75) is 13.0 Å². The molecule has 0 saturated heterocycles. The Hall–Kier alpha value is -1.10. The maximum Gasteiger partial charge on any atom is 0.226 e. The van der Waals surface area contributed by atoms with Crippen molar-refractivity contribution in [1.29, 1.82) is 0 Å². The largest absolute Gasteiger partial charge is 0.383 e. The predicted molar refractivity (Wildman–Crippen MR) is 57.4 cm³/mol. The molecular weight excluding hydrogens is 232 g/mol. The molecule has 0 saturated carbocycles. The Bertz CT molecular complexity index is 293. The van der Waals surface area contributed by atoms with Gasteiger partial charge >= 0.3 is 0 Å². The number of nitrogens with two attached hydrogens (primary N) is 1. The van der Waals surface area contributed by atoms with Crippen LogP contribution in [0.15, 0.2) is 23.3 Å². The van der Waals surface area contributed by atoms with E-state index in [4.69, 9.17) is 5.73 Å². The normalized spacial score (nSPS) is 12.2. The lowest BCUT2D eigenvalue weighted by Gasteiger charge is -2.08. The summed E-state index contributed by atoms with van der Waals surface area (Å²) in [4.78, 5) is 8.09. The molecule has 0 spiro atoms. The van der Waals surface area contributed by atoms with Crippen molar-refractivity contribution >= 4 is 27.7 Å². The van der Waals surface area contributed by atoms with Crippen molar-refractivity contribution in [3.63, 3.8) is 0 Å². The van der Waals surface area contributed by atoms with Gasteiger partial charge in [-0.25, -0.2) is 4.98 Å². The summed E-state index contributed by atoms with van der Waals surface area (Å²) in [5.41, 5.74) is 5.53. The molecule has 4 nitrogen and oxygen atoms in total. The van der Waals surface area contributed by atoms with E-state index in [9.17, 15) is 0 Å². The molecule has 1 rings (SSSR count). The molecule has 5 heteroatoms. The Labute approximate surface area is 85.4 Å². The summed E-state index contributed by atoms with van der Waals surface area (Å²) in [6.45, 7) is 5.59. The Kier molecular flexibility index (Phi) is 3.25. The van der Waals surface area contributed by atoms with Crippen LogP contribution in [0.2, 0.25) is 0 Å². The number of halogens is 1. The molecule has 1 aromatic heterocycles. The highest BCUT2D eigenvalue weighted by atomic mass is 79.9. The van der Waals surface area contributed by atoms with E-state index in [1.54, 1.807) is 12.1 Å². The minimum absolute atomic E-state index is 0.119. The van der Waals surface area contributed by atoms with Crippen LogP contribution < -0.4 is 11.1 Å². The molecule has 1 aromatic rings. The SMILES string of the molecule is C=CC(C)Nc1nc(N)cc(Br)n1. The van der Waals surface area contributed by atoms with Crippen LogP contribution in [-0.4, -0.2) is 16.0 Å². The molecule has 13 heavy (non-hydrogen) atoms. The predicted octanol–water partition coefficient (Wildman–Crippen LogP) is 1.81. The van der Waals surface area contributed by atoms with Gasteiger partial charge in [0.05, 0.1) is 0 Å². The fourth-order valence-electron chi connectivity index (χ4n) is 0.762. The van der Waals surface area contributed by atoms with Crippen molar-refractivity contribution in [3.05, 3.63) is 23.3 Å². The van der Waals surface area contributed by atoms with Gasteiger partial charge < -0.3 is 11.1 Å². The quantitative estimate of drug-likeness (QED) is 0.627. The third kappa shape index (κ3) is 3.02. The minimum Gasteiger partial charge on any atom is -0.383 e. The second-order valence-corrected chi connectivity index (χ2v) is 3.42. The van der Waals surface area contributed by atoms with E-state index in [2.05, 4.69) is 37.8 Å². The lowest BCUT2D eigenvalue weighted by molar-refractivity contribution is 0.955. The number of hydrogen-bond acceptors (Lipinski definition) is 4. The highest BCUT2D eigenvalue weighted by molar-refractivity contribution is 9.10. The molecule has 3 N–H and O–H groups in total. The van der Waals surface area contributed by atoms with Crippen LogP contribution in [-0.2, 0) is 0 Å². The van der Waals surface area contributed by atoms with Crippen LogP contribution in [0.25, 0.3) is 0 Å². The highest BCUT2D eigenvalue weighted by Crippen LogP contribution is 2.12. The van der Waals surface area contributed by atoms with Crippen molar-refractivity contribution in [3.8, 4) is 0 Å². The van der Waals surface area contributed by atoms with Crippen LogP contribution in [0.3, 0.4) is 0 Å². The van der Waals surface area contributed by atoms with Gasteiger partial charge in [-0.2, -0.15) is 4.98 Å². The maximum atomic E-state index is 5.53. The second-order valence-electron chi connectivity index (χ2n) is 2.61. The first-order chi connectivity index (χ1) is 6.11. The molecule has 0 aliphatic heterocycles. The zero-order valence-corrected chi connectivity index (χ0v) is 8.87. The third-order valence-corrected chi connectivity index (χ3v) is 1.83. The van der Waals surface area contributed by atoms with Gasteiger partial charge in [-0.3, -0.25) is 0 Å². The van der Waals surface area contributed by atoms with Gasteiger partial charge in [0.1, 0.15) is 10.4 Å². The number of rotatable bonds is 3. The van der Waals surface area contributed by atoms with Gasteiger partial charge in [0.2, 0.25) is 5.95 Å². The van der Waals surface area contributed by atoms with Crippen LogP contribution in [0.1, 0.15) is 6.92 Å². The van der Waals surface area contributed by atoms with Gasteiger partial charge in [0.25, 0.3) is 0 Å².